The van der Waals surface area contributed by atoms with E-state index >= 15 is 0 Å². The molecule has 0 aromatic carbocycles. The molecule has 0 aromatic heterocycles. The van der Waals surface area contributed by atoms with Gasteiger partial charge in [0.2, 0.25) is 5.91 Å². The first-order valence-corrected chi connectivity index (χ1v) is 32.6. The van der Waals surface area contributed by atoms with Gasteiger partial charge in [-0.2, -0.15) is 0 Å². The molecule has 0 aromatic rings. The van der Waals surface area contributed by atoms with Crippen LogP contribution in [0.3, 0.4) is 0 Å². The van der Waals surface area contributed by atoms with Crippen LogP contribution in [-0.2, 0) is 14.3 Å². The second-order valence-corrected chi connectivity index (χ2v) is 22.1. The molecule has 0 aliphatic heterocycles. The average molecular weight is 1040 g/mol. The van der Waals surface area contributed by atoms with Gasteiger partial charge in [-0.1, -0.05) is 280 Å². The number of aliphatic hydroxyl groups excluding tert-OH is 2. The summed E-state index contributed by atoms with van der Waals surface area (Å²) < 4.78 is 5.47. The van der Waals surface area contributed by atoms with E-state index in [1.165, 1.54) is 218 Å². The molecule has 0 spiro atoms. The predicted octanol–water partition coefficient (Wildman–Crippen LogP) is 20.7. The van der Waals surface area contributed by atoms with Gasteiger partial charge in [-0.05, 0) is 103 Å². The van der Waals surface area contributed by atoms with Crippen molar-refractivity contribution < 1.29 is 24.5 Å². The lowest BCUT2D eigenvalue weighted by Crippen LogP contribution is -2.45. The predicted molar refractivity (Wildman–Crippen MR) is 324 cm³/mol. The van der Waals surface area contributed by atoms with E-state index in [4.69, 9.17) is 4.74 Å². The fourth-order valence-electron chi connectivity index (χ4n) is 9.75. The van der Waals surface area contributed by atoms with Crippen LogP contribution in [0.1, 0.15) is 335 Å². The van der Waals surface area contributed by atoms with Crippen LogP contribution in [0, 0.1) is 0 Å². The van der Waals surface area contributed by atoms with E-state index in [-0.39, 0.29) is 18.5 Å². The molecular formula is C68H125NO5. The molecule has 0 bridgehead atoms. The zero-order valence-corrected chi connectivity index (χ0v) is 49.3. The maximum atomic E-state index is 12.5. The normalized spacial score (nSPS) is 13.0. The molecule has 0 saturated heterocycles. The maximum absolute atomic E-state index is 12.5. The van der Waals surface area contributed by atoms with Crippen molar-refractivity contribution in [3.8, 4) is 0 Å². The van der Waals surface area contributed by atoms with Crippen LogP contribution in [-0.4, -0.2) is 47.4 Å². The lowest BCUT2D eigenvalue weighted by Gasteiger charge is -2.20. The summed E-state index contributed by atoms with van der Waals surface area (Å²) in [6.45, 7) is 4.85. The van der Waals surface area contributed by atoms with E-state index in [2.05, 4.69) is 67.8 Å². The van der Waals surface area contributed by atoms with Gasteiger partial charge in [0, 0.05) is 12.8 Å². The summed E-state index contributed by atoms with van der Waals surface area (Å²) >= 11 is 0. The summed E-state index contributed by atoms with van der Waals surface area (Å²) in [5, 5.41) is 23.2. The number of ether oxygens (including phenoxy) is 1. The lowest BCUT2D eigenvalue weighted by atomic mass is 10.0. The van der Waals surface area contributed by atoms with Gasteiger partial charge in [-0.25, -0.2) is 0 Å². The van der Waals surface area contributed by atoms with Crippen molar-refractivity contribution in [2.45, 2.75) is 347 Å². The molecule has 6 nitrogen and oxygen atoms in total. The van der Waals surface area contributed by atoms with Crippen LogP contribution in [0.25, 0.3) is 0 Å². The SMILES string of the molecule is CCCCC/C=C\C/C=C\CCCCCCCCCCCC(=O)OCCCCC/C=C\C/C=C\CCCCCCCCCC(=O)NC(CO)C(O)/C=C/CCCCCCCCCCCCCCCCCCCCC. The third-order valence-electron chi connectivity index (χ3n) is 14.8. The van der Waals surface area contributed by atoms with Crippen LogP contribution in [0.2, 0.25) is 0 Å². The summed E-state index contributed by atoms with van der Waals surface area (Å²) in [4.78, 5) is 24.6. The van der Waals surface area contributed by atoms with Crippen molar-refractivity contribution in [1.29, 1.82) is 0 Å². The van der Waals surface area contributed by atoms with Gasteiger partial charge in [0.25, 0.3) is 0 Å². The molecule has 0 saturated carbocycles. The van der Waals surface area contributed by atoms with Crippen LogP contribution in [0.15, 0.2) is 60.8 Å². The zero-order chi connectivity index (χ0) is 53.6. The molecule has 0 aliphatic rings. The standard InChI is InChI=1S/C68H125NO5/c1-3-5-7-9-11-13-15-17-19-21-23-24-26-28-32-36-40-44-48-52-56-60-66(71)65(64-70)69-67(72)61-57-53-49-45-41-37-33-29-27-31-35-39-43-47-51-55-59-63-74-68(73)62-58-54-50-46-42-38-34-30-25-22-20-18-16-14-12-10-8-6-4-2/h12,14,18,20,27,31,39,43,56,60,65-66,70-71H,3-11,13,15-17,19,21-26,28-30,32-38,40-42,44-55,57-59,61-64H2,1-2H3,(H,69,72)/b14-12-,20-18-,31-27-,43-39-,60-56+. The number of carbonyl (C=O) groups is 2. The molecule has 6 heteroatoms. The molecule has 2 atom stereocenters. The first-order valence-electron chi connectivity index (χ1n) is 32.6. The highest BCUT2D eigenvalue weighted by Gasteiger charge is 2.18. The van der Waals surface area contributed by atoms with E-state index in [1.807, 2.05) is 6.08 Å². The third-order valence-corrected chi connectivity index (χ3v) is 14.8. The summed E-state index contributed by atoms with van der Waals surface area (Å²) in [6, 6.07) is -0.643. The highest BCUT2D eigenvalue weighted by Crippen LogP contribution is 2.17. The Morgan fingerprint density at radius 2 is 0.676 bits per heavy atom. The molecule has 0 rings (SSSR count). The number of amides is 1. The maximum Gasteiger partial charge on any atom is 0.305 e. The Labute approximate surface area is 460 Å². The van der Waals surface area contributed by atoms with Crippen LogP contribution in [0.4, 0.5) is 0 Å². The number of allylic oxidation sites excluding steroid dienone is 9. The quantitative estimate of drug-likeness (QED) is 0.0320. The molecule has 1 amide bonds. The summed E-state index contributed by atoms with van der Waals surface area (Å²) in [5.41, 5.74) is 0. The van der Waals surface area contributed by atoms with E-state index in [0.717, 1.165) is 89.9 Å². The molecule has 0 aliphatic carbocycles. The number of aliphatic hydroxyl groups is 2. The van der Waals surface area contributed by atoms with Crippen molar-refractivity contribution in [2.24, 2.45) is 0 Å². The minimum absolute atomic E-state index is 0.0203. The van der Waals surface area contributed by atoms with E-state index in [9.17, 15) is 19.8 Å². The van der Waals surface area contributed by atoms with Gasteiger partial charge in [0.1, 0.15) is 0 Å². The van der Waals surface area contributed by atoms with E-state index in [1.54, 1.807) is 6.08 Å². The second kappa shape index (κ2) is 63.1. The first kappa shape index (κ1) is 71.6. The summed E-state index contributed by atoms with van der Waals surface area (Å²) in [6.07, 6.45) is 82.6. The van der Waals surface area contributed by atoms with E-state index < -0.39 is 12.1 Å². The second-order valence-electron chi connectivity index (χ2n) is 22.1. The van der Waals surface area contributed by atoms with Gasteiger partial charge in [-0.15, -0.1) is 0 Å². The molecule has 0 heterocycles. The topological polar surface area (TPSA) is 95.9 Å². The monoisotopic (exact) mass is 1040 g/mol. The zero-order valence-electron chi connectivity index (χ0n) is 49.3. The summed E-state index contributed by atoms with van der Waals surface area (Å²) in [7, 11) is 0. The Bertz CT molecular complexity index is 1290. The highest BCUT2D eigenvalue weighted by molar-refractivity contribution is 5.76. The van der Waals surface area contributed by atoms with Crippen molar-refractivity contribution in [1.82, 2.24) is 5.32 Å². The fourth-order valence-corrected chi connectivity index (χ4v) is 9.75. The molecule has 2 unspecified atom stereocenters. The highest BCUT2D eigenvalue weighted by atomic mass is 16.5. The first-order chi connectivity index (χ1) is 36.5. The van der Waals surface area contributed by atoms with Crippen molar-refractivity contribution in [2.75, 3.05) is 13.2 Å². The van der Waals surface area contributed by atoms with Gasteiger partial charge in [0.15, 0.2) is 0 Å². The van der Waals surface area contributed by atoms with Gasteiger partial charge < -0.3 is 20.3 Å². The number of rotatable bonds is 60. The molecule has 3 N–H and O–H groups in total. The number of carbonyl (C=O) groups excluding carboxylic acids is 2. The number of unbranched alkanes of at least 4 members (excludes halogenated alkanes) is 41. The Morgan fingerprint density at radius 1 is 0.378 bits per heavy atom. The Morgan fingerprint density at radius 3 is 1.05 bits per heavy atom. The minimum atomic E-state index is -0.858. The largest absolute Gasteiger partial charge is 0.466 e. The fraction of sp³-hybridized carbons (Fsp3) is 0.824. The van der Waals surface area contributed by atoms with Gasteiger partial charge in [0.05, 0.1) is 25.4 Å². The molecule has 0 radical (unpaired) electrons. The van der Waals surface area contributed by atoms with E-state index in [0.29, 0.717) is 19.4 Å². The molecule has 0 fully saturated rings. The molecule has 74 heavy (non-hydrogen) atoms. The Kier molecular flexibility index (Phi) is 61.0. The minimum Gasteiger partial charge on any atom is -0.466 e. The smallest absolute Gasteiger partial charge is 0.305 e. The summed E-state index contributed by atoms with van der Waals surface area (Å²) in [5.74, 6) is -0.103. The van der Waals surface area contributed by atoms with Crippen molar-refractivity contribution in [3.63, 3.8) is 0 Å². The van der Waals surface area contributed by atoms with Crippen molar-refractivity contribution >= 4 is 11.9 Å². The number of esters is 1. The van der Waals surface area contributed by atoms with Crippen LogP contribution >= 0.6 is 0 Å². The number of hydrogen-bond donors (Lipinski definition) is 3. The molecular weight excluding hydrogens is 911 g/mol. The van der Waals surface area contributed by atoms with Crippen molar-refractivity contribution in [3.05, 3.63) is 60.8 Å². The third kappa shape index (κ3) is 58.8. The molecule has 432 valence electrons. The average Bonchev–Trinajstić information content (AvgIpc) is 3.40. The van der Waals surface area contributed by atoms with Gasteiger partial charge in [-0.3, -0.25) is 9.59 Å². The number of hydrogen-bond acceptors (Lipinski definition) is 5. The Hall–Kier alpha value is -2.44. The number of nitrogens with one attached hydrogen (secondary N) is 1. The Balaban J connectivity index is 3.52. The van der Waals surface area contributed by atoms with Crippen LogP contribution < -0.4 is 5.32 Å². The van der Waals surface area contributed by atoms with Crippen LogP contribution in [0.5, 0.6) is 0 Å². The lowest BCUT2D eigenvalue weighted by molar-refractivity contribution is -0.143. The van der Waals surface area contributed by atoms with Gasteiger partial charge >= 0.3 is 5.97 Å².